The molecule has 148 valence electrons. The van der Waals surface area contributed by atoms with Gasteiger partial charge in [0.2, 0.25) is 4.80 Å². The molecule has 0 spiro atoms. The highest BCUT2D eigenvalue weighted by Crippen LogP contribution is 2.23. The Hall–Kier alpha value is -4.11. The number of nitrogens with one attached hydrogen (secondary N) is 1. The summed E-state index contributed by atoms with van der Waals surface area (Å²) in [6, 6.07) is 18.7. The molecule has 0 aliphatic heterocycles. The van der Waals surface area contributed by atoms with Crippen molar-refractivity contribution < 1.29 is 9.72 Å². The SMILES string of the molecule is O=C(Nn1c(-c2ccc([N+](=O)[O-])cc2)csc1=Nc1ccccc1)c1ccncc1. The van der Waals surface area contributed by atoms with Crippen molar-refractivity contribution in [2.24, 2.45) is 4.99 Å². The van der Waals surface area contributed by atoms with Crippen molar-refractivity contribution in [2.75, 3.05) is 5.43 Å². The number of hydrogen-bond acceptors (Lipinski definition) is 6. The van der Waals surface area contributed by atoms with Crippen molar-refractivity contribution in [1.29, 1.82) is 0 Å². The molecule has 0 fully saturated rings. The first-order valence-corrected chi connectivity index (χ1v) is 9.76. The molecule has 2 aromatic heterocycles. The predicted molar refractivity (Wildman–Crippen MR) is 114 cm³/mol. The highest BCUT2D eigenvalue weighted by Gasteiger charge is 2.14. The smallest absolute Gasteiger partial charge is 0.267 e. The van der Waals surface area contributed by atoms with Gasteiger partial charge in [0.25, 0.3) is 11.6 Å². The number of nitrogens with zero attached hydrogens (tertiary/aromatic N) is 4. The van der Waals surface area contributed by atoms with Crippen LogP contribution in [0.15, 0.2) is 89.5 Å². The largest absolute Gasteiger partial charge is 0.270 e. The number of carbonyl (C=O) groups excluding carboxylic acids is 1. The zero-order valence-corrected chi connectivity index (χ0v) is 16.3. The average molecular weight is 417 g/mol. The molecule has 4 aromatic rings. The summed E-state index contributed by atoms with van der Waals surface area (Å²) in [6.07, 6.45) is 3.08. The Bertz CT molecular complexity index is 1250. The standard InChI is InChI=1S/C21H15N5O3S/c27-20(16-10-12-22-13-11-16)24-25-19(15-6-8-18(9-7-15)26(28)29)14-30-21(25)23-17-4-2-1-3-5-17/h1-14H,(H,24,27). The van der Waals surface area contributed by atoms with E-state index in [9.17, 15) is 14.9 Å². The van der Waals surface area contributed by atoms with Gasteiger partial charge in [-0.15, -0.1) is 11.3 Å². The first kappa shape index (κ1) is 19.2. The number of para-hydroxylation sites is 1. The van der Waals surface area contributed by atoms with Crippen molar-refractivity contribution in [1.82, 2.24) is 9.66 Å². The molecule has 2 aromatic carbocycles. The molecule has 0 aliphatic rings. The fourth-order valence-electron chi connectivity index (χ4n) is 2.73. The van der Waals surface area contributed by atoms with Gasteiger partial charge in [-0.1, -0.05) is 18.2 Å². The quantitative estimate of drug-likeness (QED) is 0.389. The van der Waals surface area contributed by atoms with Gasteiger partial charge in [0, 0.05) is 41.0 Å². The molecular formula is C21H15N5O3S. The molecular weight excluding hydrogens is 402 g/mol. The Morgan fingerprint density at radius 1 is 1.03 bits per heavy atom. The number of thiazole rings is 1. The molecule has 0 atom stereocenters. The van der Waals surface area contributed by atoms with Crippen LogP contribution in [-0.2, 0) is 0 Å². The van der Waals surface area contributed by atoms with E-state index in [0.717, 1.165) is 5.69 Å². The summed E-state index contributed by atoms with van der Waals surface area (Å²) in [4.78, 5) is 32.4. The van der Waals surface area contributed by atoms with Crippen LogP contribution in [0.1, 0.15) is 10.4 Å². The summed E-state index contributed by atoms with van der Waals surface area (Å²) in [5, 5.41) is 12.8. The number of non-ortho nitro benzene ring substituents is 1. The zero-order chi connectivity index (χ0) is 20.9. The third-order valence-corrected chi connectivity index (χ3v) is 5.04. The Labute approximate surface area is 174 Å². The minimum absolute atomic E-state index is 0.00412. The van der Waals surface area contributed by atoms with Crippen molar-refractivity contribution in [2.45, 2.75) is 0 Å². The summed E-state index contributed by atoms with van der Waals surface area (Å²) in [5.41, 5.74) is 5.41. The minimum atomic E-state index is -0.452. The fourth-order valence-corrected chi connectivity index (χ4v) is 3.60. The number of aromatic nitrogens is 2. The first-order chi connectivity index (χ1) is 14.6. The van der Waals surface area contributed by atoms with Crippen molar-refractivity contribution in [3.63, 3.8) is 0 Å². The molecule has 0 unspecified atom stereocenters. The van der Waals surface area contributed by atoms with E-state index in [4.69, 9.17) is 0 Å². The Morgan fingerprint density at radius 2 is 1.73 bits per heavy atom. The lowest BCUT2D eigenvalue weighted by Gasteiger charge is -2.11. The zero-order valence-electron chi connectivity index (χ0n) is 15.5. The summed E-state index contributed by atoms with van der Waals surface area (Å²) in [5.74, 6) is -0.325. The lowest BCUT2D eigenvalue weighted by Crippen LogP contribution is -2.31. The molecule has 2 heterocycles. The molecule has 0 bridgehead atoms. The molecule has 4 rings (SSSR count). The number of nitro benzene ring substituents is 1. The van der Waals surface area contributed by atoms with Crippen molar-refractivity contribution in [3.05, 3.63) is 105 Å². The van der Waals surface area contributed by atoms with E-state index < -0.39 is 4.92 Å². The molecule has 0 saturated heterocycles. The van der Waals surface area contributed by atoms with Crippen molar-refractivity contribution in [3.8, 4) is 11.3 Å². The summed E-state index contributed by atoms with van der Waals surface area (Å²) < 4.78 is 1.58. The Kier molecular flexibility index (Phi) is 5.44. The van der Waals surface area contributed by atoms with Gasteiger partial charge in [-0.3, -0.25) is 25.3 Å². The number of amides is 1. The summed E-state index contributed by atoms with van der Waals surface area (Å²) in [7, 11) is 0. The van der Waals surface area contributed by atoms with Crippen molar-refractivity contribution >= 4 is 28.6 Å². The maximum absolute atomic E-state index is 12.8. The normalized spacial score (nSPS) is 11.3. The van der Waals surface area contributed by atoms with Crippen LogP contribution in [-0.4, -0.2) is 20.5 Å². The van der Waals surface area contributed by atoms with Gasteiger partial charge in [0.05, 0.1) is 16.3 Å². The maximum atomic E-state index is 12.8. The number of hydrogen-bond donors (Lipinski definition) is 1. The molecule has 30 heavy (non-hydrogen) atoms. The fraction of sp³-hybridized carbons (Fsp3) is 0. The van der Waals surface area contributed by atoms with Gasteiger partial charge < -0.3 is 0 Å². The second-order valence-electron chi connectivity index (χ2n) is 6.17. The van der Waals surface area contributed by atoms with Crippen LogP contribution in [0.25, 0.3) is 11.3 Å². The number of rotatable bonds is 5. The second kappa shape index (κ2) is 8.50. The van der Waals surface area contributed by atoms with Crippen LogP contribution < -0.4 is 10.2 Å². The van der Waals surface area contributed by atoms with Gasteiger partial charge in [-0.2, -0.15) is 0 Å². The second-order valence-corrected chi connectivity index (χ2v) is 7.00. The molecule has 1 N–H and O–H groups in total. The highest BCUT2D eigenvalue weighted by atomic mass is 32.1. The van der Waals surface area contributed by atoms with Crippen LogP contribution in [0, 0.1) is 10.1 Å². The molecule has 8 nitrogen and oxygen atoms in total. The number of carbonyl (C=O) groups is 1. The van der Waals surface area contributed by atoms with Gasteiger partial charge in [-0.25, -0.2) is 9.67 Å². The maximum Gasteiger partial charge on any atom is 0.270 e. The monoisotopic (exact) mass is 417 g/mol. The third-order valence-electron chi connectivity index (χ3n) is 4.22. The van der Waals surface area contributed by atoms with Crippen LogP contribution in [0.2, 0.25) is 0 Å². The van der Waals surface area contributed by atoms with E-state index in [1.165, 1.54) is 23.5 Å². The lowest BCUT2D eigenvalue weighted by molar-refractivity contribution is -0.384. The number of benzene rings is 2. The minimum Gasteiger partial charge on any atom is -0.267 e. The van der Waals surface area contributed by atoms with Crippen LogP contribution >= 0.6 is 11.3 Å². The summed E-state index contributed by atoms with van der Waals surface area (Å²) in [6.45, 7) is 0. The average Bonchev–Trinajstić information content (AvgIpc) is 3.17. The van der Waals surface area contributed by atoms with E-state index >= 15 is 0 Å². The topological polar surface area (TPSA) is 102 Å². The van der Waals surface area contributed by atoms with Gasteiger partial charge in [0.15, 0.2) is 0 Å². The van der Waals surface area contributed by atoms with E-state index in [1.54, 1.807) is 41.3 Å². The summed E-state index contributed by atoms with van der Waals surface area (Å²) >= 11 is 1.35. The predicted octanol–water partition coefficient (Wildman–Crippen LogP) is 4.14. The van der Waals surface area contributed by atoms with E-state index in [-0.39, 0.29) is 11.6 Å². The molecule has 1 amide bonds. The molecule has 0 aliphatic carbocycles. The molecule has 0 radical (unpaired) electrons. The van der Waals surface area contributed by atoms with E-state index in [2.05, 4.69) is 15.4 Å². The highest BCUT2D eigenvalue weighted by molar-refractivity contribution is 7.07. The number of nitro groups is 1. The lowest BCUT2D eigenvalue weighted by atomic mass is 10.1. The van der Waals surface area contributed by atoms with Crippen LogP contribution in [0.5, 0.6) is 0 Å². The van der Waals surface area contributed by atoms with E-state index in [1.807, 2.05) is 35.7 Å². The number of pyridine rings is 1. The Balaban J connectivity index is 1.79. The Morgan fingerprint density at radius 3 is 2.40 bits per heavy atom. The third kappa shape index (κ3) is 4.15. The van der Waals surface area contributed by atoms with Crippen LogP contribution in [0.3, 0.4) is 0 Å². The van der Waals surface area contributed by atoms with Crippen LogP contribution in [0.4, 0.5) is 11.4 Å². The van der Waals surface area contributed by atoms with E-state index in [0.29, 0.717) is 21.6 Å². The van der Waals surface area contributed by atoms with Gasteiger partial charge >= 0.3 is 0 Å². The molecule has 0 saturated carbocycles. The van der Waals surface area contributed by atoms with Gasteiger partial charge in [-0.05, 0) is 36.4 Å². The molecule has 9 heteroatoms. The van der Waals surface area contributed by atoms with Gasteiger partial charge in [0.1, 0.15) is 0 Å². The first-order valence-electron chi connectivity index (χ1n) is 8.88.